The zero-order chi connectivity index (χ0) is 29.4. The first-order chi connectivity index (χ1) is 21.7. The first-order valence-corrected chi connectivity index (χ1v) is 14.8. The molecule has 0 amide bonds. The molecule has 0 radical (unpaired) electrons. The lowest BCUT2D eigenvalue weighted by atomic mass is 9.92. The minimum Gasteiger partial charge on any atom is -0.339 e. The van der Waals surface area contributed by atoms with Crippen LogP contribution < -0.4 is 11.1 Å². The van der Waals surface area contributed by atoms with Gasteiger partial charge < -0.3 is 9.97 Å². The third-order valence-corrected chi connectivity index (χ3v) is 9.04. The molecule has 0 aliphatic heterocycles. The molecule has 0 bridgehead atoms. The number of rotatable bonds is 4. The number of nitrogens with zero attached hydrogens (tertiary/aromatic N) is 2. The summed E-state index contributed by atoms with van der Waals surface area (Å²) >= 11 is 0. The van der Waals surface area contributed by atoms with Gasteiger partial charge in [-0.05, 0) is 58.3 Å². The van der Waals surface area contributed by atoms with E-state index in [0.717, 1.165) is 55.3 Å². The van der Waals surface area contributed by atoms with Crippen LogP contribution in [0.3, 0.4) is 0 Å². The van der Waals surface area contributed by atoms with E-state index < -0.39 is 0 Å². The average Bonchev–Trinajstić information content (AvgIpc) is 3.65. The predicted octanol–water partition coefficient (Wildman–Crippen LogP) is 7.36. The summed E-state index contributed by atoms with van der Waals surface area (Å²) in [5, 5.41) is 3.31. The van der Waals surface area contributed by atoms with Crippen molar-refractivity contribution in [1.29, 1.82) is 0 Å². The average molecular weight is 571 g/mol. The summed E-state index contributed by atoms with van der Waals surface area (Å²) in [5.74, 6) is 0. The lowest BCUT2D eigenvalue weighted by Gasteiger charge is -2.15. The second-order valence-corrected chi connectivity index (χ2v) is 11.4. The molecule has 0 fully saturated rings. The number of aromatic amines is 2. The van der Waals surface area contributed by atoms with Gasteiger partial charge in [-0.3, -0.25) is 18.4 Å². The van der Waals surface area contributed by atoms with Crippen LogP contribution in [-0.4, -0.2) is 18.8 Å². The molecule has 5 aromatic carbocycles. The van der Waals surface area contributed by atoms with Crippen LogP contribution in [0.15, 0.2) is 131 Å². The number of hydrogen-bond donors (Lipinski definition) is 2. The first-order valence-electron chi connectivity index (χ1n) is 14.8. The molecular formula is C38H26N4O2. The van der Waals surface area contributed by atoms with Crippen LogP contribution in [0.4, 0.5) is 0 Å². The van der Waals surface area contributed by atoms with Gasteiger partial charge in [0.2, 0.25) is 0 Å². The Morgan fingerprint density at radius 3 is 1.25 bits per heavy atom. The summed E-state index contributed by atoms with van der Waals surface area (Å²) in [7, 11) is 0. The molecular weight excluding hydrogens is 544 g/mol. The van der Waals surface area contributed by atoms with Gasteiger partial charge in [0, 0.05) is 34.7 Å². The molecule has 4 heterocycles. The van der Waals surface area contributed by atoms with Crippen LogP contribution in [-0.2, 0) is 12.8 Å². The molecule has 9 aromatic rings. The van der Waals surface area contributed by atoms with Crippen LogP contribution in [0.2, 0.25) is 0 Å². The normalized spacial score (nSPS) is 12.0. The Morgan fingerprint density at radius 2 is 0.795 bits per heavy atom. The van der Waals surface area contributed by atoms with Crippen molar-refractivity contribution >= 4 is 54.9 Å². The first kappa shape index (κ1) is 24.7. The molecule has 0 saturated carbocycles. The second kappa shape index (κ2) is 9.31. The third-order valence-electron chi connectivity index (χ3n) is 9.04. The van der Waals surface area contributed by atoms with Gasteiger partial charge in [0.1, 0.15) is 11.3 Å². The highest BCUT2D eigenvalue weighted by Gasteiger charge is 2.20. The second-order valence-electron chi connectivity index (χ2n) is 11.4. The Kier molecular flexibility index (Phi) is 5.23. The molecule has 44 heavy (non-hydrogen) atoms. The Balaban J connectivity index is 1.28. The van der Waals surface area contributed by atoms with Crippen LogP contribution in [0.1, 0.15) is 22.3 Å². The molecule has 0 aliphatic carbocycles. The maximum absolute atomic E-state index is 13.7. The lowest BCUT2D eigenvalue weighted by Crippen LogP contribution is -2.16. The number of fused-ring (bicyclic) bond motifs is 8. The molecule has 0 unspecified atom stereocenters. The van der Waals surface area contributed by atoms with Gasteiger partial charge >= 0.3 is 0 Å². The number of benzene rings is 5. The number of H-pyrrole nitrogens is 2. The van der Waals surface area contributed by atoms with E-state index in [4.69, 9.17) is 0 Å². The van der Waals surface area contributed by atoms with Crippen molar-refractivity contribution < 1.29 is 0 Å². The van der Waals surface area contributed by atoms with Crippen LogP contribution in [0, 0.1) is 0 Å². The number of imidazole rings is 2. The largest absolute Gasteiger partial charge is 0.339 e. The van der Waals surface area contributed by atoms with Crippen LogP contribution >= 0.6 is 0 Å². The summed E-state index contributed by atoms with van der Waals surface area (Å²) in [6, 6.07) is 40.2. The fourth-order valence-corrected chi connectivity index (χ4v) is 7.00. The SMILES string of the molecule is O=c1c2ccccc2c(Cc2ccccc2Cc2c3ccccc3c(=O)n3c2[nH]c2ccccc23)c2[nH]c3ccccc3n12. The summed E-state index contributed by atoms with van der Waals surface area (Å²) in [6.45, 7) is 0. The smallest absolute Gasteiger partial charge is 0.264 e. The number of para-hydroxylation sites is 4. The molecule has 0 spiro atoms. The highest BCUT2D eigenvalue weighted by molar-refractivity contribution is 5.95. The van der Waals surface area contributed by atoms with Gasteiger partial charge in [-0.1, -0.05) is 84.9 Å². The van der Waals surface area contributed by atoms with Crippen molar-refractivity contribution in [2.75, 3.05) is 0 Å². The highest BCUT2D eigenvalue weighted by Crippen LogP contribution is 2.31. The van der Waals surface area contributed by atoms with Crippen molar-refractivity contribution in [2.24, 2.45) is 0 Å². The van der Waals surface area contributed by atoms with Crippen LogP contribution in [0.25, 0.3) is 54.9 Å². The number of aromatic nitrogens is 4. The molecule has 0 saturated heterocycles. The summed E-state index contributed by atoms with van der Waals surface area (Å²) in [6.07, 6.45) is 1.27. The monoisotopic (exact) mass is 570 g/mol. The molecule has 0 aliphatic rings. The predicted molar refractivity (Wildman–Crippen MR) is 178 cm³/mol. The summed E-state index contributed by atoms with van der Waals surface area (Å²) < 4.78 is 3.64. The van der Waals surface area contributed by atoms with Crippen LogP contribution in [0.5, 0.6) is 0 Å². The van der Waals surface area contributed by atoms with E-state index in [1.807, 2.05) is 106 Å². The van der Waals surface area contributed by atoms with Crippen molar-refractivity contribution in [3.63, 3.8) is 0 Å². The van der Waals surface area contributed by atoms with E-state index in [2.05, 4.69) is 34.2 Å². The van der Waals surface area contributed by atoms with Crippen molar-refractivity contribution in [3.8, 4) is 0 Å². The van der Waals surface area contributed by atoms with Crippen molar-refractivity contribution in [3.05, 3.63) is 164 Å². The van der Waals surface area contributed by atoms with Gasteiger partial charge in [0.25, 0.3) is 11.1 Å². The van der Waals surface area contributed by atoms with Gasteiger partial charge in [0.05, 0.1) is 22.1 Å². The Hall–Kier alpha value is -5.88. The molecule has 6 nitrogen and oxygen atoms in total. The van der Waals surface area contributed by atoms with Crippen molar-refractivity contribution in [2.45, 2.75) is 12.8 Å². The van der Waals surface area contributed by atoms with Gasteiger partial charge in [0.15, 0.2) is 0 Å². The van der Waals surface area contributed by atoms with Crippen molar-refractivity contribution in [1.82, 2.24) is 18.8 Å². The van der Waals surface area contributed by atoms with E-state index in [1.54, 1.807) is 0 Å². The standard InChI is InChI=1S/C38H26N4O2/c43-37-27-15-5-3-13-25(27)29(35-39-31-17-7-9-19-33(31)41(35)37)21-23-11-1-2-12-24(23)22-30-26-14-4-6-16-28(26)38(44)42-34-20-10-8-18-32(34)40-36(30)42/h1-20,39-40H,21-22H2. The maximum atomic E-state index is 13.7. The summed E-state index contributed by atoms with van der Waals surface area (Å²) in [4.78, 5) is 34.6. The van der Waals surface area contributed by atoms with E-state index in [-0.39, 0.29) is 11.1 Å². The minimum atomic E-state index is -0.0208. The molecule has 6 heteroatoms. The Morgan fingerprint density at radius 1 is 0.432 bits per heavy atom. The van der Waals surface area contributed by atoms with E-state index in [0.29, 0.717) is 23.6 Å². The Labute approximate surface area is 250 Å². The zero-order valence-electron chi connectivity index (χ0n) is 23.7. The van der Waals surface area contributed by atoms with Gasteiger partial charge in [-0.2, -0.15) is 0 Å². The molecule has 4 aromatic heterocycles. The third kappa shape index (κ3) is 3.48. The zero-order valence-corrected chi connectivity index (χ0v) is 23.7. The van der Waals surface area contributed by atoms with E-state index in [1.165, 1.54) is 11.1 Å². The Bertz CT molecular complexity index is 2540. The maximum Gasteiger partial charge on any atom is 0.264 e. The molecule has 0 atom stereocenters. The summed E-state index contributed by atoms with van der Waals surface area (Å²) in [5.41, 5.74) is 9.68. The highest BCUT2D eigenvalue weighted by atomic mass is 16.1. The number of pyridine rings is 2. The van der Waals surface area contributed by atoms with Gasteiger partial charge in [-0.15, -0.1) is 0 Å². The van der Waals surface area contributed by atoms with Gasteiger partial charge in [-0.25, -0.2) is 0 Å². The minimum absolute atomic E-state index is 0.0208. The fourth-order valence-electron chi connectivity index (χ4n) is 7.00. The number of hydrogen-bond acceptors (Lipinski definition) is 2. The quantitative estimate of drug-likeness (QED) is 0.232. The van der Waals surface area contributed by atoms with E-state index >= 15 is 0 Å². The topological polar surface area (TPSA) is 74.5 Å². The lowest BCUT2D eigenvalue weighted by molar-refractivity contribution is 1.07. The molecule has 210 valence electrons. The number of nitrogens with one attached hydrogen (secondary N) is 2. The fraction of sp³-hybridized carbons (Fsp3) is 0.0526. The molecule has 9 rings (SSSR count). The molecule has 2 N–H and O–H groups in total. The van der Waals surface area contributed by atoms with E-state index in [9.17, 15) is 9.59 Å².